The van der Waals surface area contributed by atoms with Crippen molar-refractivity contribution in [1.29, 1.82) is 0 Å². The standard InChI is InChI=1S/C14H16F3NO6S/c15-14(16,17)9-22-7-4-13(19)18-25(20,21)10-2-3-11-12(8-10)24-6-1-5-23-11/h2-3,8H,1,4-7,9H2,(H,18,19). The minimum atomic E-state index is -4.51. The Morgan fingerprint density at radius 2 is 1.88 bits per heavy atom. The van der Waals surface area contributed by atoms with Crippen LogP contribution in [0.5, 0.6) is 11.5 Å². The Bertz CT molecular complexity index is 720. The van der Waals surface area contributed by atoms with Crippen molar-refractivity contribution in [1.82, 2.24) is 4.72 Å². The zero-order chi connectivity index (χ0) is 18.5. The number of amides is 1. The van der Waals surface area contributed by atoms with Gasteiger partial charge in [0, 0.05) is 12.5 Å². The molecule has 0 saturated carbocycles. The summed E-state index contributed by atoms with van der Waals surface area (Å²) in [5.41, 5.74) is 0. The van der Waals surface area contributed by atoms with Crippen molar-refractivity contribution >= 4 is 15.9 Å². The van der Waals surface area contributed by atoms with Crippen LogP contribution in [0, 0.1) is 0 Å². The summed E-state index contributed by atoms with van der Waals surface area (Å²) < 4.78 is 76.8. The van der Waals surface area contributed by atoms with Gasteiger partial charge in [0.15, 0.2) is 11.5 Å². The molecule has 0 spiro atoms. The van der Waals surface area contributed by atoms with Gasteiger partial charge in [-0.2, -0.15) is 13.2 Å². The summed E-state index contributed by atoms with van der Waals surface area (Å²) >= 11 is 0. The molecule has 0 saturated heterocycles. The van der Waals surface area contributed by atoms with Crippen LogP contribution in [0.3, 0.4) is 0 Å². The number of ether oxygens (including phenoxy) is 3. The van der Waals surface area contributed by atoms with Gasteiger partial charge in [0.1, 0.15) is 6.61 Å². The molecule has 1 aliphatic heterocycles. The molecule has 0 fully saturated rings. The molecule has 1 N–H and O–H groups in total. The van der Waals surface area contributed by atoms with E-state index in [9.17, 15) is 26.4 Å². The molecule has 140 valence electrons. The number of alkyl halides is 3. The van der Waals surface area contributed by atoms with E-state index in [-0.39, 0.29) is 10.6 Å². The number of hydrogen-bond donors (Lipinski definition) is 1. The number of sulfonamides is 1. The Balaban J connectivity index is 1.94. The summed E-state index contributed by atoms with van der Waals surface area (Å²) in [7, 11) is -4.18. The summed E-state index contributed by atoms with van der Waals surface area (Å²) in [6, 6.07) is 3.87. The maximum absolute atomic E-state index is 12.2. The van der Waals surface area contributed by atoms with Gasteiger partial charge >= 0.3 is 6.18 Å². The highest BCUT2D eigenvalue weighted by atomic mass is 32.2. The second-order valence-corrected chi connectivity index (χ2v) is 6.79. The number of rotatable bonds is 6. The Hall–Kier alpha value is -2.01. The predicted octanol–water partition coefficient (Wildman–Crippen LogP) is 1.62. The third kappa shape index (κ3) is 6.09. The topological polar surface area (TPSA) is 90.9 Å². The summed E-state index contributed by atoms with van der Waals surface area (Å²) in [5.74, 6) is -0.348. The molecule has 0 atom stereocenters. The SMILES string of the molecule is O=C(CCOCC(F)(F)F)NS(=O)(=O)c1ccc2c(c1)OCCCO2. The van der Waals surface area contributed by atoms with Crippen LogP contribution in [0.15, 0.2) is 23.1 Å². The first-order chi connectivity index (χ1) is 11.7. The van der Waals surface area contributed by atoms with E-state index in [0.29, 0.717) is 25.4 Å². The van der Waals surface area contributed by atoms with Crippen molar-refractivity contribution in [3.8, 4) is 11.5 Å². The first kappa shape index (κ1) is 19.3. The van der Waals surface area contributed by atoms with Crippen molar-refractivity contribution in [2.75, 3.05) is 26.4 Å². The van der Waals surface area contributed by atoms with Crippen molar-refractivity contribution in [2.24, 2.45) is 0 Å². The van der Waals surface area contributed by atoms with Crippen LogP contribution in [0.4, 0.5) is 13.2 Å². The van der Waals surface area contributed by atoms with E-state index < -0.39 is 41.7 Å². The van der Waals surface area contributed by atoms with E-state index in [2.05, 4.69) is 4.74 Å². The minimum absolute atomic E-state index is 0.221. The number of carbonyl (C=O) groups excluding carboxylic acids is 1. The summed E-state index contributed by atoms with van der Waals surface area (Å²) in [4.78, 5) is 11.4. The molecule has 0 aromatic heterocycles. The molecule has 2 rings (SSSR count). The molecule has 1 aliphatic rings. The van der Waals surface area contributed by atoms with Crippen LogP contribution < -0.4 is 14.2 Å². The average Bonchev–Trinajstić information content (AvgIpc) is 2.74. The van der Waals surface area contributed by atoms with E-state index in [0.717, 1.165) is 0 Å². The minimum Gasteiger partial charge on any atom is -0.490 e. The number of nitrogens with one attached hydrogen (secondary N) is 1. The highest BCUT2D eigenvalue weighted by Gasteiger charge is 2.27. The number of fused-ring (bicyclic) bond motifs is 1. The second-order valence-electron chi connectivity index (χ2n) is 5.11. The molecule has 0 radical (unpaired) electrons. The number of carbonyl (C=O) groups is 1. The molecule has 1 aromatic carbocycles. The summed E-state index contributed by atoms with van der Waals surface area (Å²) in [6.45, 7) is -1.26. The van der Waals surface area contributed by atoms with Gasteiger partial charge in [-0.1, -0.05) is 0 Å². The lowest BCUT2D eigenvalue weighted by Crippen LogP contribution is -2.31. The maximum atomic E-state index is 12.2. The van der Waals surface area contributed by atoms with Gasteiger partial charge in [0.05, 0.1) is 31.1 Å². The molecule has 1 heterocycles. The molecule has 1 amide bonds. The predicted molar refractivity (Wildman–Crippen MR) is 78.9 cm³/mol. The zero-order valence-corrected chi connectivity index (χ0v) is 13.8. The van der Waals surface area contributed by atoms with E-state index in [1.54, 1.807) is 4.72 Å². The molecule has 11 heteroatoms. The van der Waals surface area contributed by atoms with Crippen molar-refractivity contribution < 1.29 is 40.6 Å². The fraction of sp³-hybridized carbons (Fsp3) is 0.500. The normalized spacial score (nSPS) is 14.7. The highest BCUT2D eigenvalue weighted by Crippen LogP contribution is 2.31. The van der Waals surface area contributed by atoms with E-state index in [4.69, 9.17) is 9.47 Å². The molecule has 1 aromatic rings. The van der Waals surface area contributed by atoms with Crippen LogP contribution in [0.25, 0.3) is 0 Å². The van der Waals surface area contributed by atoms with E-state index in [1.165, 1.54) is 18.2 Å². The Kier molecular flexibility index (Phi) is 6.11. The van der Waals surface area contributed by atoms with Gasteiger partial charge in [-0.3, -0.25) is 4.79 Å². The second kappa shape index (κ2) is 7.91. The lowest BCUT2D eigenvalue weighted by molar-refractivity contribution is -0.174. The van der Waals surface area contributed by atoms with Crippen molar-refractivity contribution in [3.05, 3.63) is 18.2 Å². The van der Waals surface area contributed by atoms with Gasteiger partial charge in [-0.25, -0.2) is 13.1 Å². The number of hydrogen-bond acceptors (Lipinski definition) is 6. The third-order valence-corrected chi connectivity index (χ3v) is 4.39. The highest BCUT2D eigenvalue weighted by molar-refractivity contribution is 7.90. The van der Waals surface area contributed by atoms with Crippen molar-refractivity contribution in [2.45, 2.75) is 23.9 Å². The molecule has 25 heavy (non-hydrogen) atoms. The molecular formula is C14H16F3NO6S. The zero-order valence-electron chi connectivity index (χ0n) is 13.0. The Morgan fingerprint density at radius 3 is 2.56 bits per heavy atom. The number of benzene rings is 1. The summed E-state index contributed by atoms with van der Waals surface area (Å²) in [6.07, 6.45) is -4.39. The number of halogens is 3. The monoisotopic (exact) mass is 383 g/mol. The van der Waals surface area contributed by atoms with Gasteiger partial charge < -0.3 is 14.2 Å². The fourth-order valence-corrected chi connectivity index (χ4v) is 2.95. The lowest BCUT2D eigenvalue weighted by atomic mass is 10.3. The first-order valence-electron chi connectivity index (χ1n) is 7.27. The fourth-order valence-electron chi connectivity index (χ4n) is 1.92. The maximum Gasteiger partial charge on any atom is 0.411 e. The van der Waals surface area contributed by atoms with Crippen LogP contribution in [0.2, 0.25) is 0 Å². The molecule has 0 aliphatic carbocycles. The quantitative estimate of drug-likeness (QED) is 0.751. The van der Waals surface area contributed by atoms with Crippen LogP contribution in [-0.2, 0) is 19.6 Å². The molecule has 7 nitrogen and oxygen atoms in total. The van der Waals surface area contributed by atoms with Crippen LogP contribution in [0.1, 0.15) is 12.8 Å². The smallest absolute Gasteiger partial charge is 0.411 e. The van der Waals surface area contributed by atoms with Gasteiger partial charge in [0.25, 0.3) is 10.0 Å². The van der Waals surface area contributed by atoms with Gasteiger partial charge in [0.2, 0.25) is 5.91 Å². The Labute approximate surface area is 142 Å². The van der Waals surface area contributed by atoms with Gasteiger partial charge in [-0.15, -0.1) is 0 Å². The summed E-state index contributed by atoms with van der Waals surface area (Å²) in [5, 5.41) is 0. The average molecular weight is 383 g/mol. The largest absolute Gasteiger partial charge is 0.490 e. The van der Waals surface area contributed by atoms with E-state index >= 15 is 0 Å². The van der Waals surface area contributed by atoms with E-state index in [1.807, 2.05) is 0 Å². The molecular weight excluding hydrogens is 367 g/mol. The molecule has 0 unspecified atom stereocenters. The first-order valence-corrected chi connectivity index (χ1v) is 8.75. The molecule has 0 bridgehead atoms. The van der Waals surface area contributed by atoms with Gasteiger partial charge in [-0.05, 0) is 12.1 Å². The van der Waals surface area contributed by atoms with Crippen molar-refractivity contribution in [3.63, 3.8) is 0 Å². The third-order valence-electron chi connectivity index (χ3n) is 3.02. The Morgan fingerprint density at radius 1 is 1.20 bits per heavy atom. The van der Waals surface area contributed by atoms with Crippen LogP contribution >= 0.6 is 0 Å². The van der Waals surface area contributed by atoms with Crippen LogP contribution in [-0.4, -0.2) is 46.9 Å². The lowest BCUT2D eigenvalue weighted by Gasteiger charge is -2.11.